The summed E-state index contributed by atoms with van der Waals surface area (Å²) in [6.45, 7) is 4.06. The topological polar surface area (TPSA) is 70.4 Å². The highest BCUT2D eigenvalue weighted by Gasteiger charge is 2.03. The maximum absolute atomic E-state index is 4.60. The van der Waals surface area contributed by atoms with E-state index in [2.05, 4.69) is 14.9 Å². The smallest absolute Gasteiger partial charge is 0.138 e. The molecule has 0 amide bonds. The molecule has 64 valence electrons. The summed E-state index contributed by atoms with van der Waals surface area (Å²) in [7, 11) is 0. The van der Waals surface area contributed by atoms with E-state index in [0.717, 1.165) is 16.6 Å². The van der Waals surface area contributed by atoms with Gasteiger partial charge in [-0.1, -0.05) is 6.07 Å². The minimum Gasteiger partial charge on any atom is -0.412 e. The Kier molecular flexibility index (Phi) is 2.10. The molecule has 0 radical (unpaired) electrons. The first-order valence-electron chi connectivity index (χ1n) is 3.47. The second-order valence-electron chi connectivity index (χ2n) is 2.64. The predicted octanol–water partition coefficient (Wildman–Crippen LogP) is 1.01. The van der Waals surface area contributed by atoms with Crippen molar-refractivity contribution in [1.82, 2.24) is 10.3 Å². The second kappa shape index (κ2) is 2.91. The first-order valence-corrected chi connectivity index (χ1v) is 3.47. The van der Waals surface area contributed by atoms with Crippen molar-refractivity contribution >= 4 is 11.0 Å². The second-order valence-corrected chi connectivity index (χ2v) is 2.64. The summed E-state index contributed by atoms with van der Waals surface area (Å²) >= 11 is 0. The summed E-state index contributed by atoms with van der Waals surface area (Å²) in [5, 5.41) is 7.53. The molecule has 12 heavy (non-hydrogen) atoms. The van der Waals surface area contributed by atoms with Crippen molar-refractivity contribution in [2.24, 2.45) is 0 Å². The van der Waals surface area contributed by atoms with E-state index < -0.39 is 0 Å². The van der Waals surface area contributed by atoms with Crippen LogP contribution < -0.4 is 0 Å². The van der Waals surface area contributed by atoms with Crippen molar-refractivity contribution < 1.29 is 10.1 Å². The first kappa shape index (κ1) is 8.67. The minimum atomic E-state index is 0. The van der Waals surface area contributed by atoms with Crippen LogP contribution in [0.3, 0.4) is 0 Å². The maximum atomic E-state index is 4.60. The van der Waals surface area contributed by atoms with Gasteiger partial charge in [0.25, 0.3) is 0 Å². The number of hydrogen-bond acceptors (Lipinski definition) is 3. The number of aryl methyl sites for hydroxylation is 2. The molecule has 0 aliphatic carbocycles. The molecule has 0 fully saturated rings. The molecule has 0 bridgehead atoms. The van der Waals surface area contributed by atoms with Crippen LogP contribution in [0.15, 0.2) is 16.8 Å². The molecule has 0 aliphatic rings. The van der Waals surface area contributed by atoms with Gasteiger partial charge in [0.2, 0.25) is 0 Å². The van der Waals surface area contributed by atoms with E-state index >= 15 is 0 Å². The summed E-state index contributed by atoms with van der Waals surface area (Å²) < 4.78 is 4.60. The van der Waals surface area contributed by atoms with Crippen LogP contribution in [0.5, 0.6) is 0 Å². The van der Waals surface area contributed by atoms with Crippen LogP contribution in [0, 0.1) is 13.8 Å². The number of hydrogen-bond donors (Lipinski definition) is 0. The number of rotatable bonds is 0. The number of aromatic nitrogens is 2. The Morgan fingerprint density at radius 3 is 2.67 bits per heavy atom. The van der Waals surface area contributed by atoms with E-state index in [9.17, 15) is 0 Å². The van der Waals surface area contributed by atoms with Crippen LogP contribution in [0.25, 0.3) is 11.0 Å². The van der Waals surface area contributed by atoms with E-state index in [1.54, 1.807) is 0 Å². The van der Waals surface area contributed by atoms with E-state index in [0.29, 0.717) is 0 Å². The average molecular weight is 166 g/mol. The maximum Gasteiger partial charge on any atom is 0.138 e. The third-order valence-corrected chi connectivity index (χ3v) is 1.95. The molecule has 0 aliphatic heterocycles. The van der Waals surface area contributed by atoms with Crippen molar-refractivity contribution in [3.05, 3.63) is 23.3 Å². The Labute approximate surface area is 69.5 Å². The lowest BCUT2D eigenvalue weighted by Crippen LogP contribution is -1.81. The van der Waals surface area contributed by atoms with Gasteiger partial charge in [-0.25, -0.2) is 4.63 Å². The molecule has 1 aromatic heterocycles. The predicted molar refractivity (Wildman–Crippen MR) is 44.9 cm³/mol. The van der Waals surface area contributed by atoms with E-state index in [1.807, 2.05) is 26.0 Å². The van der Waals surface area contributed by atoms with Crippen LogP contribution in [-0.4, -0.2) is 15.8 Å². The molecular weight excluding hydrogens is 156 g/mol. The lowest BCUT2D eigenvalue weighted by atomic mass is 10.1. The quantitative estimate of drug-likeness (QED) is 0.586. The standard InChI is InChI=1S/C8H8N2O.H2O/c1-5-3-4-7-8(6(5)2)10-11-9-7;/h3-4H,1-2H3;1H2. The van der Waals surface area contributed by atoms with Gasteiger partial charge >= 0.3 is 0 Å². The fraction of sp³-hybridized carbons (Fsp3) is 0.250. The molecule has 2 aromatic rings. The van der Waals surface area contributed by atoms with Crippen molar-refractivity contribution in [2.45, 2.75) is 13.8 Å². The Morgan fingerprint density at radius 1 is 1.17 bits per heavy atom. The Bertz CT molecular complexity index is 395. The zero-order valence-corrected chi connectivity index (χ0v) is 6.96. The van der Waals surface area contributed by atoms with Gasteiger partial charge in [0.1, 0.15) is 11.0 Å². The Balaban J connectivity index is 0.000000720. The van der Waals surface area contributed by atoms with E-state index in [4.69, 9.17) is 0 Å². The van der Waals surface area contributed by atoms with Crippen LogP contribution in [0.2, 0.25) is 0 Å². The Morgan fingerprint density at radius 2 is 1.92 bits per heavy atom. The monoisotopic (exact) mass is 166 g/mol. The summed E-state index contributed by atoms with van der Waals surface area (Å²) in [4.78, 5) is 0. The van der Waals surface area contributed by atoms with Gasteiger partial charge in [-0.15, -0.1) is 0 Å². The molecule has 4 heteroatoms. The van der Waals surface area contributed by atoms with Gasteiger partial charge in [-0.05, 0) is 41.4 Å². The number of nitrogens with zero attached hydrogens (tertiary/aromatic N) is 2. The third-order valence-electron chi connectivity index (χ3n) is 1.95. The average Bonchev–Trinajstić information content (AvgIpc) is 2.45. The van der Waals surface area contributed by atoms with Gasteiger partial charge in [0.15, 0.2) is 0 Å². The van der Waals surface area contributed by atoms with Crippen molar-refractivity contribution in [1.29, 1.82) is 0 Å². The fourth-order valence-electron chi connectivity index (χ4n) is 1.08. The largest absolute Gasteiger partial charge is 0.412 e. The molecule has 0 unspecified atom stereocenters. The van der Waals surface area contributed by atoms with Crippen molar-refractivity contribution in [3.63, 3.8) is 0 Å². The van der Waals surface area contributed by atoms with Crippen LogP contribution in [-0.2, 0) is 0 Å². The molecular formula is C8H10N2O2. The lowest BCUT2D eigenvalue weighted by Gasteiger charge is -1.95. The molecule has 1 aromatic carbocycles. The molecule has 0 saturated carbocycles. The van der Waals surface area contributed by atoms with E-state index in [1.165, 1.54) is 5.56 Å². The molecule has 2 N–H and O–H groups in total. The van der Waals surface area contributed by atoms with E-state index in [-0.39, 0.29) is 5.48 Å². The van der Waals surface area contributed by atoms with Crippen LogP contribution >= 0.6 is 0 Å². The van der Waals surface area contributed by atoms with Gasteiger partial charge < -0.3 is 5.48 Å². The molecule has 0 spiro atoms. The highest BCUT2D eigenvalue weighted by Crippen LogP contribution is 2.16. The molecule has 0 atom stereocenters. The SMILES string of the molecule is Cc1ccc2nonc2c1C.O. The lowest BCUT2D eigenvalue weighted by molar-refractivity contribution is 0.315. The van der Waals surface area contributed by atoms with Gasteiger partial charge in [0, 0.05) is 0 Å². The highest BCUT2D eigenvalue weighted by atomic mass is 16.6. The van der Waals surface area contributed by atoms with Crippen molar-refractivity contribution in [2.75, 3.05) is 0 Å². The fourth-order valence-corrected chi connectivity index (χ4v) is 1.08. The molecule has 0 saturated heterocycles. The third kappa shape index (κ3) is 1.06. The summed E-state index contributed by atoms with van der Waals surface area (Å²) in [6, 6.07) is 3.93. The number of fused-ring (bicyclic) bond motifs is 1. The summed E-state index contributed by atoms with van der Waals surface area (Å²) in [5.41, 5.74) is 4.05. The van der Waals surface area contributed by atoms with Gasteiger partial charge in [-0.2, -0.15) is 0 Å². The molecule has 1 heterocycles. The first-order chi connectivity index (χ1) is 5.29. The zero-order valence-electron chi connectivity index (χ0n) is 6.96. The van der Waals surface area contributed by atoms with Crippen molar-refractivity contribution in [3.8, 4) is 0 Å². The van der Waals surface area contributed by atoms with Gasteiger partial charge in [-0.3, -0.25) is 0 Å². The zero-order chi connectivity index (χ0) is 7.84. The normalized spacial score (nSPS) is 9.83. The van der Waals surface area contributed by atoms with Crippen LogP contribution in [0.4, 0.5) is 0 Å². The summed E-state index contributed by atoms with van der Waals surface area (Å²) in [5.74, 6) is 0. The highest BCUT2D eigenvalue weighted by molar-refractivity contribution is 5.77. The number of benzene rings is 1. The van der Waals surface area contributed by atoms with Crippen LogP contribution in [0.1, 0.15) is 11.1 Å². The molecule has 4 nitrogen and oxygen atoms in total. The Hall–Kier alpha value is -1.42. The van der Waals surface area contributed by atoms with Gasteiger partial charge in [0.05, 0.1) is 0 Å². The molecule has 2 rings (SSSR count). The summed E-state index contributed by atoms with van der Waals surface area (Å²) in [6.07, 6.45) is 0. The minimum absolute atomic E-state index is 0.